The third kappa shape index (κ3) is 8.27. The molecule has 2 N–H and O–H groups in total. The molecule has 3 aromatic rings. The molecular weight excluding hydrogens is 567 g/mol. The second-order valence-corrected chi connectivity index (χ2v) is 11.1. The highest BCUT2D eigenvalue weighted by molar-refractivity contribution is 5.96. The lowest BCUT2D eigenvalue weighted by atomic mass is 10.1. The first-order valence-electron chi connectivity index (χ1n) is 13.8. The lowest BCUT2D eigenvalue weighted by molar-refractivity contribution is -0.155. The highest BCUT2D eigenvalue weighted by atomic mass is 19.4. The second-order valence-electron chi connectivity index (χ2n) is 11.1. The lowest BCUT2D eigenvalue weighted by Gasteiger charge is -2.37. The number of aromatic nitrogens is 2. The van der Waals surface area contributed by atoms with Crippen LogP contribution in [0.4, 0.5) is 18.9 Å². The number of amides is 2. The molecule has 1 aliphatic rings. The van der Waals surface area contributed by atoms with Gasteiger partial charge in [-0.25, -0.2) is 4.68 Å². The predicted octanol–water partition coefficient (Wildman–Crippen LogP) is 4.17. The largest absolute Gasteiger partial charge is 0.493 e. The minimum Gasteiger partial charge on any atom is -0.493 e. The second kappa shape index (κ2) is 12.8. The number of nitrogens with zero attached hydrogens (tertiary/aromatic N) is 4. The molecule has 0 bridgehead atoms. The number of benzene rings is 2. The van der Waals surface area contributed by atoms with Crippen LogP contribution in [0.25, 0.3) is 5.69 Å². The van der Waals surface area contributed by atoms with E-state index in [0.29, 0.717) is 11.4 Å². The number of aromatic hydroxyl groups is 1. The van der Waals surface area contributed by atoms with Crippen LogP contribution in [0.15, 0.2) is 60.7 Å². The average Bonchev–Trinajstić information content (AvgIpc) is 3.35. The van der Waals surface area contributed by atoms with Crippen molar-refractivity contribution >= 4 is 23.5 Å². The summed E-state index contributed by atoms with van der Waals surface area (Å²) in [7, 11) is 0. The molecule has 1 aromatic heterocycles. The van der Waals surface area contributed by atoms with E-state index >= 15 is 0 Å². The Morgan fingerprint density at radius 3 is 2.23 bits per heavy atom. The summed E-state index contributed by atoms with van der Waals surface area (Å²) in [6.07, 6.45) is -4.68. The number of esters is 1. The molecule has 13 heteroatoms. The van der Waals surface area contributed by atoms with E-state index in [-0.39, 0.29) is 50.6 Å². The molecule has 43 heavy (non-hydrogen) atoms. The molecule has 10 nitrogen and oxygen atoms in total. The Morgan fingerprint density at radius 1 is 0.953 bits per heavy atom. The lowest BCUT2D eigenvalue weighted by Crippen LogP contribution is -2.55. The fourth-order valence-electron chi connectivity index (χ4n) is 4.67. The first kappa shape index (κ1) is 31.4. The topological polar surface area (TPSA) is 117 Å². The summed E-state index contributed by atoms with van der Waals surface area (Å²) in [5.74, 6) is -2.00. The van der Waals surface area contributed by atoms with E-state index in [1.54, 1.807) is 62.1 Å². The quantitative estimate of drug-likeness (QED) is 0.373. The molecule has 1 fully saturated rings. The summed E-state index contributed by atoms with van der Waals surface area (Å²) in [4.78, 5) is 42.5. The van der Waals surface area contributed by atoms with Gasteiger partial charge in [-0.1, -0.05) is 24.3 Å². The van der Waals surface area contributed by atoms with Gasteiger partial charge in [0.1, 0.15) is 11.6 Å². The van der Waals surface area contributed by atoms with E-state index in [0.717, 1.165) is 12.1 Å². The van der Waals surface area contributed by atoms with Crippen LogP contribution in [-0.4, -0.2) is 75.4 Å². The summed E-state index contributed by atoms with van der Waals surface area (Å²) in [5.41, 5.74) is -0.706. The van der Waals surface area contributed by atoms with Crippen LogP contribution in [0.3, 0.4) is 0 Å². The Kier molecular flexibility index (Phi) is 9.31. The van der Waals surface area contributed by atoms with E-state index in [1.165, 1.54) is 21.7 Å². The summed E-state index contributed by atoms with van der Waals surface area (Å²) < 4.78 is 46.1. The van der Waals surface area contributed by atoms with E-state index in [2.05, 4.69) is 10.4 Å². The summed E-state index contributed by atoms with van der Waals surface area (Å²) in [6, 6.07) is 13.7. The monoisotopic (exact) mass is 601 g/mol. The van der Waals surface area contributed by atoms with Crippen molar-refractivity contribution in [1.82, 2.24) is 20.0 Å². The minimum absolute atomic E-state index is 0.0568. The number of piperazine rings is 1. The van der Waals surface area contributed by atoms with Crippen LogP contribution >= 0.6 is 0 Å². The van der Waals surface area contributed by atoms with Gasteiger partial charge in [0.2, 0.25) is 11.8 Å². The number of carbonyl (C=O) groups excluding carboxylic acids is 3. The first-order chi connectivity index (χ1) is 20.2. The standard InChI is InChI=1S/C30H34F3N5O5/c1-29(2,3)43-26(40)13-12-23(34-27(41)24-19-25(39)38(35-24)21-9-5-4-6-10-21)28(42)37-16-14-36(15-17-37)22-11-7-8-20(18-22)30(31,32)33/h4-11,18-19,23,39H,12-17H2,1-3H3,(H,34,41)/t23-/m0/s1. The number of nitrogens with one attached hydrogen (secondary N) is 1. The van der Waals surface area contributed by atoms with Crippen LogP contribution in [0.2, 0.25) is 0 Å². The van der Waals surface area contributed by atoms with Gasteiger partial charge in [0.15, 0.2) is 5.69 Å². The third-order valence-corrected chi connectivity index (χ3v) is 6.71. The van der Waals surface area contributed by atoms with E-state index in [4.69, 9.17) is 4.74 Å². The molecule has 0 aliphatic carbocycles. The molecule has 0 unspecified atom stereocenters. The number of hydrogen-bond donors (Lipinski definition) is 2. The molecule has 2 heterocycles. The van der Waals surface area contributed by atoms with Crippen LogP contribution in [-0.2, 0) is 20.5 Å². The van der Waals surface area contributed by atoms with Gasteiger partial charge < -0.3 is 25.0 Å². The number of ether oxygens (including phenoxy) is 1. The highest BCUT2D eigenvalue weighted by Gasteiger charge is 2.33. The smallest absolute Gasteiger partial charge is 0.416 e. The average molecular weight is 602 g/mol. The van der Waals surface area contributed by atoms with Gasteiger partial charge in [-0.2, -0.15) is 18.3 Å². The van der Waals surface area contributed by atoms with Gasteiger partial charge in [0.25, 0.3) is 5.91 Å². The minimum atomic E-state index is -4.47. The first-order valence-corrected chi connectivity index (χ1v) is 13.8. The van der Waals surface area contributed by atoms with Crippen LogP contribution in [0, 0.1) is 0 Å². The molecule has 1 aliphatic heterocycles. The normalized spacial score (nSPS) is 14.7. The van der Waals surface area contributed by atoms with Crippen molar-refractivity contribution in [3.8, 4) is 11.6 Å². The van der Waals surface area contributed by atoms with Gasteiger partial charge in [-0.05, 0) is 57.5 Å². The van der Waals surface area contributed by atoms with Crippen molar-refractivity contribution in [2.45, 2.75) is 51.4 Å². The van der Waals surface area contributed by atoms with Gasteiger partial charge in [0, 0.05) is 44.4 Å². The fourth-order valence-corrected chi connectivity index (χ4v) is 4.67. The molecule has 230 valence electrons. The third-order valence-electron chi connectivity index (χ3n) is 6.71. The maximum absolute atomic E-state index is 13.6. The molecule has 0 spiro atoms. The number of alkyl halides is 3. The SMILES string of the molecule is CC(C)(C)OC(=O)CC[C@H](NC(=O)c1cc(O)n(-c2ccccc2)n1)C(=O)N1CCN(c2cccc(C(F)(F)F)c2)CC1. The van der Waals surface area contributed by atoms with Crippen molar-refractivity contribution < 1.29 is 37.4 Å². The Labute approximate surface area is 247 Å². The molecular formula is C30H34F3N5O5. The van der Waals surface area contributed by atoms with Crippen molar-refractivity contribution in [3.63, 3.8) is 0 Å². The summed E-state index contributed by atoms with van der Waals surface area (Å²) in [6.45, 7) is 6.08. The zero-order valence-corrected chi connectivity index (χ0v) is 24.1. The summed E-state index contributed by atoms with van der Waals surface area (Å²) in [5, 5.41) is 17.2. The number of carbonyl (C=O) groups is 3. The Bertz CT molecular complexity index is 1440. The van der Waals surface area contributed by atoms with Crippen molar-refractivity contribution in [1.29, 1.82) is 0 Å². The number of para-hydroxylation sites is 1. The maximum atomic E-state index is 13.6. The van der Waals surface area contributed by atoms with Crippen LogP contribution in [0.5, 0.6) is 5.88 Å². The van der Waals surface area contributed by atoms with Crippen molar-refractivity contribution in [2.75, 3.05) is 31.1 Å². The van der Waals surface area contributed by atoms with Gasteiger partial charge in [-0.15, -0.1) is 0 Å². The van der Waals surface area contributed by atoms with Gasteiger partial charge in [0.05, 0.1) is 11.3 Å². The molecule has 4 rings (SSSR count). The van der Waals surface area contributed by atoms with Gasteiger partial charge in [-0.3, -0.25) is 14.4 Å². The highest BCUT2D eigenvalue weighted by Crippen LogP contribution is 2.32. The van der Waals surface area contributed by atoms with E-state index in [9.17, 15) is 32.7 Å². The van der Waals surface area contributed by atoms with Crippen molar-refractivity contribution in [3.05, 3.63) is 71.9 Å². The van der Waals surface area contributed by atoms with E-state index < -0.39 is 41.2 Å². The molecule has 2 amide bonds. The van der Waals surface area contributed by atoms with E-state index in [1.807, 2.05) is 0 Å². The maximum Gasteiger partial charge on any atom is 0.416 e. The number of halogens is 3. The Morgan fingerprint density at radius 2 is 1.60 bits per heavy atom. The Balaban J connectivity index is 1.47. The fraction of sp³-hybridized carbons (Fsp3) is 0.400. The molecule has 1 saturated heterocycles. The number of hydrogen-bond acceptors (Lipinski definition) is 7. The molecule has 0 radical (unpaired) electrons. The molecule has 1 atom stereocenters. The zero-order valence-electron chi connectivity index (χ0n) is 24.1. The number of rotatable bonds is 8. The number of anilines is 1. The molecule has 2 aromatic carbocycles. The molecule has 0 saturated carbocycles. The Hall–Kier alpha value is -4.55. The van der Waals surface area contributed by atoms with Gasteiger partial charge >= 0.3 is 12.1 Å². The summed E-state index contributed by atoms with van der Waals surface area (Å²) >= 11 is 0. The van der Waals surface area contributed by atoms with Crippen molar-refractivity contribution in [2.24, 2.45) is 0 Å². The zero-order chi connectivity index (χ0) is 31.4. The predicted molar refractivity (Wildman–Crippen MR) is 152 cm³/mol. The van der Waals surface area contributed by atoms with Crippen LogP contribution in [0.1, 0.15) is 49.7 Å². The van der Waals surface area contributed by atoms with Crippen LogP contribution < -0.4 is 10.2 Å².